The minimum atomic E-state index is -4.38. The number of ether oxygens (including phenoxy) is 1. The van der Waals surface area contributed by atoms with Crippen LogP contribution < -0.4 is 0 Å². The molecule has 226 valence electrons. The molecule has 0 fully saturated rings. The number of alkyl halides is 3. The lowest BCUT2D eigenvalue weighted by atomic mass is 9.94. The summed E-state index contributed by atoms with van der Waals surface area (Å²) in [5, 5.41) is 10.0. The molecule has 7 nitrogen and oxygen atoms in total. The standard InChI is InChI=1S/C32H39F3N4O3/c33-32(34,35)22-42-19-18-39(16-7-6-11-27-14-13-25-10-4-5-12-29(25)38-27)17-15-26(31(40)41)20-30-28(21-36-23-37-30)24-8-2-1-3-9-24/h1-3,8-9,13-14,21,23,26H,4-7,10-12,15-20,22H2,(H,40,41)/t26-/m1/s1. The van der Waals surface area contributed by atoms with Crippen molar-refractivity contribution in [1.82, 2.24) is 19.9 Å². The maximum Gasteiger partial charge on any atom is 0.411 e. The summed E-state index contributed by atoms with van der Waals surface area (Å²) < 4.78 is 42.6. The molecule has 1 atom stereocenters. The number of unbranched alkanes of at least 4 members (excludes halogenated alkanes) is 1. The third-order valence-electron chi connectivity index (χ3n) is 7.67. The van der Waals surface area contributed by atoms with E-state index < -0.39 is 24.7 Å². The van der Waals surface area contributed by atoms with Gasteiger partial charge in [0.25, 0.3) is 0 Å². The smallest absolute Gasteiger partial charge is 0.411 e. The molecule has 0 bridgehead atoms. The zero-order valence-corrected chi connectivity index (χ0v) is 23.9. The zero-order chi connectivity index (χ0) is 29.8. The van der Waals surface area contributed by atoms with Crippen LogP contribution in [-0.4, -0.2) is 70.0 Å². The molecule has 1 aliphatic rings. The zero-order valence-electron chi connectivity index (χ0n) is 23.9. The van der Waals surface area contributed by atoms with Crippen molar-refractivity contribution in [2.75, 3.05) is 32.8 Å². The second kappa shape index (κ2) is 15.7. The van der Waals surface area contributed by atoms with Gasteiger partial charge in [-0.05, 0) is 81.6 Å². The minimum absolute atomic E-state index is 0.0757. The van der Waals surface area contributed by atoms with E-state index in [0.29, 0.717) is 31.7 Å². The van der Waals surface area contributed by atoms with Gasteiger partial charge in [-0.25, -0.2) is 9.97 Å². The Labute approximate surface area is 245 Å². The normalized spacial score (nSPS) is 14.1. The molecule has 2 heterocycles. The summed E-state index contributed by atoms with van der Waals surface area (Å²) in [5.41, 5.74) is 5.98. The lowest BCUT2D eigenvalue weighted by Gasteiger charge is -2.24. The van der Waals surface area contributed by atoms with Crippen LogP contribution in [0.1, 0.15) is 54.7 Å². The molecule has 2 aromatic heterocycles. The number of hydrogen-bond acceptors (Lipinski definition) is 6. The van der Waals surface area contributed by atoms with E-state index in [0.717, 1.165) is 48.9 Å². The number of carboxylic acids is 1. The van der Waals surface area contributed by atoms with Gasteiger partial charge in [-0.3, -0.25) is 9.78 Å². The largest absolute Gasteiger partial charge is 0.481 e. The molecule has 4 rings (SSSR count). The van der Waals surface area contributed by atoms with Gasteiger partial charge >= 0.3 is 12.1 Å². The van der Waals surface area contributed by atoms with Gasteiger partial charge in [-0.2, -0.15) is 13.2 Å². The average molecular weight is 585 g/mol. The SMILES string of the molecule is O=C(O)[C@H](CCN(CCCCc1ccc2c(n1)CCCC2)CCOCC(F)(F)F)Cc1ncncc1-c1ccccc1. The number of aryl methyl sites for hydroxylation is 3. The Hall–Kier alpha value is -3.37. The van der Waals surface area contributed by atoms with E-state index in [1.54, 1.807) is 6.20 Å². The van der Waals surface area contributed by atoms with E-state index in [1.165, 1.54) is 30.4 Å². The molecule has 0 amide bonds. The molecule has 0 saturated heterocycles. The summed E-state index contributed by atoms with van der Waals surface area (Å²) in [5.74, 6) is -1.64. The minimum Gasteiger partial charge on any atom is -0.481 e. The first-order valence-corrected chi connectivity index (χ1v) is 14.7. The third kappa shape index (κ3) is 10.2. The first-order valence-electron chi connectivity index (χ1n) is 14.7. The van der Waals surface area contributed by atoms with Crippen molar-refractivity contribution >= 4 is 5.97 Å². The second-order valence-electron chi connectivity index (χ2n) is 10.9. The fourth-order valence-electron chi connectivity index (χ4n) is 5.39. The van der Waals surface area contributed by atoms with Gasteiger partial charge in [0.15, 0.2) is 0 Å². The van der Waals surface area contributed by atoms with Crippen LogP contribution >= 0.6 is 0 Å². The Balaban J connectivity index is 1.33. The molecule has 3 aromatic rings. The van der Waals surface area contributed by atoms with Gasteiger partial charge in [0.1, 0.15) is 12.9 Å². The summed E-state index contributed by atoms with van der Waals surface area (Å²) >= 11 is 0. The molecule has 10 heteroatoms. The highest BCUT2D eigenvalue weighted by atomic mass is 19.4. The van der Waals surface area contributed by atoms with Crippen molar-refractivity contribution in [3.63, 3.8) is 0 Å². The Kier molecular flexibility index (Phi) is 11.8. The molecular weight excluding hydrogens is 545 g/mol. The molecule has 1 aliphatic carbocycles. The highest BCUT2D eigenvalue weighted by Gasteiger charge is 2.27. The number of carbonyl (C=O) groups is 1. The fraction of sp³-hybridized carbons (Fsp3) is 0.500. The van der Waals surface area contributed by atoms with Crippen molar-refractivity contribution < 1.29 is 27.8 Å². The van der Waals surface area contributed by atoms with Crippen molar-refractivity contribution in [1.29, 1.82) is 0 Å². The summed E-state index contributed by atoms with van der Waals surface area (Å²) in [7, 11) is 0. The predicted octanol–water partition coefficient (Wildman–Crippen LogP) is 5.95. The van der Waals surface area contributed by atoms with Crippen LogP contribution in [0.15, 0.2) is 55.0 Å². The lowest BCUT2D eigenvalue weighted by Crippen LogP contribution is -2.33. The number of nitrogens with zero attached hydrogens (tertiary/aromatic N) is 4. The van der Waals surface area contributed by atoms with Gasteiger partial charge in [-0.15, -0.1) is 0 Å². The van der Waals surface area contributed by atoms with Crippen LogP contribution in [0.2, 0.25) is 0 Å². The highest BCUT2D eigenvalue weighted by Crippen LogP contribution is 2.25. The van der Waals surface area contributed by atoms with Crippen molar-refractivity contribution in [2.24, 2.45) is 5.92 Å². The van der Waals surface area contributed by atoms with E-state index in [-0.39, 0.29) is 13.0 Å². The number of carboxylic acid groups (broad SMARTS) is 1. The monoisotopic (exact) mass is 584 g/mol. The van der Waals surface area contributed by atoms with Crippen LogP contribution in [0.4, 0.5) is 13.2 Å². The number of pyridine rings is 1. The van der Waals surface area contributed by atoms with Gasteiger partial charge in [0, 0.05) is 36.1 Å². The molecule has 1 N–H and O–H groups in total. The van der Waals surface area contributed by atoms with E-state index in [4.69, 9.17) is 9.72 Å². The van der Waals surface area contributed by atoms with Crippen LogP contribution in [0.3, 0.4) is 0 Å². The van der Waals surface area contributed by atoms with Gasteiger partial charge in [-0.1, -0.05) is 36.4 Å². The molecule has 1 aromatic carbocycles. The molecule has 0 aliphatic heterocycles. The Bertz CT molecular complexity index is 1270. The molecule has 0 radical (unpaired) electrons. The van der Waals surface area contributed by atoms with Crippen molar-refractivity contribution in [2.45, 2.75) is 64.0 Å². The number of hydrogen-bond donors (Lipinski definition) is 1. The van der Waals surface area contributed by atoms with E-state index in [1.807, 2.05) is 35.2 Å². The number of aromatic nitrogens is 3. The van der Waals surface area contributed by atoms with E-state index in [9.17, 15) is 23.1 Å². The molecule has 0 saturated carbocycles. The second-order valence-corrected chi connectivity index (χ2v) is 10.9. The number of aliphatic carboxylic acids is 1. The summed E-state index contributed by atoms with van der Waals surface area (Å²) in [6, 6.07) is 13.9. The molecular formula is C32H39F3N4O3. The Morgan fingerprint density at radius 2 is 1.83 bits per heavy atom. The number of benzene rings is 1. The van der Waals surface area contributed by atoms with Crippen LogP contribution in [0.25, 0.3) is 11.1 Å². The van der Waals surface area contributed by atoms with Crippen LogP contribution in [0, 0.1) is 5.92 Å². The molecule has 42 heavy (non-hydrogen) atoms. The first kappa shape index (κ1) is 31.6. The van der Waals surface area contributed by atoms with Crippen molar-refractivity contribution in [3.05, 3.63) is 77.6 Å². The summed E-state index contributed by atoms with van der Waals surface area (Å²) in [4.78, 5) is 27.6. The fourth-order valence-corrected chi connectivity index (χ4v) is 5.39. The van der Waals surface area contributed by atoms with E-state index in [2.05, 4.69) is 22.1 Å². The molecule has 0 spiro atoms. The maximum absolute atomic E-state index is 12.6. The van der Waals surface area contributed by atoms with E-state index >= 15 is 0 Å². The lowest BCUT2D eigenvalue weighted by molar-refractivity contribution is -0.174. The van der Waals surface area contributed by atoms with Crippen LogP contribution in [-0.2, 0) is 35.2 Å². The van der Waals surface area contributed by atoms with Gasteiger partial charge < -0.3 is 14.7 Å². The number of halogens is 3. The average Bonchev–Trinajstić information content (AvgIpc) is 2.99. The van der Waals surface area contributed by atoms with Gasteiger partial charge in [0.2, 0.25) is 0 Å². The highest BCUT2D eigenvalue weighted by molar-refractivity contribution is 5.71. The third-order valence-corrected chi connectivity index (χ3v) is 7.67. The Morgan fingerprint density at radius 1 is 1.02 bits per heavy atom. The maximum atomic E-state index is 12.6. The summed E-state index contributed by atoms with van der Waals surface area (Å²) in [6.45, 7) is -0.0147. The first-order chi connectivity index (χ1) is 20.3. The predicted molar refractivity (Wildman–Crippen MR) is 154 cm³/mol. The van der Waals surface area contributed by atoms with Crippen molar-refractivity contribution in [3.8, 4) is 11.1 Å². The van der Waals surface area contributed by atoms with Crippen LogP contribution in [0.5, 0.6) is 0 Å². The van der Waals surface area contributed by atoms with Gasteiger partial charge in [0.05, 0.1) is 18.2 Å². The number of rotatable bonds is 16. The topological polar surface area (TPSA) is 88.4 Å². The molecule has 0 unspecified atom stereocenters. The number of fused-ring (bicyclic) bond motifs is 1. The Morgan fingerprint density at radius 3 is 2.62 bits per heavy atom. The quantitative estimate of drug-likeness (QED) is 0.208. The summed E-state index contributed by atoms with van der Waals surface area (Å²) in [6.07, 6.45) is 6.34.